The van der Waals surface area contributed by atoms with Gasteiger partial charge in [0, 0.05) is 0 Å². The first-order valence-electron chi connectivity index (χ1n) is 6.08. The summed E-state index contributed by atoms with van der Waals surface area (Å²) in [7, 11) is 0. The maximum Gasteiger partial charge on any atom is -0.0105 e. The fourth-order valence-electron chi connectivity index (χ4n) is 2.19. The molecular formula is C17H18. The maximum atomic E-state index is 3.81. The van der Waals surface area contributed by atoms with Crippen LogP contribution in [0, 0.1) is 6.92 Å². The molecule has 0 bridgehead atoms. The molecule has 0 aliphatic rings. The smallest absolute Gasteiger partial charge is 0.0105 e. The van der Waals surface area contributed by atoms with Gasteiger partial charge in [0.1, 0.15) is 0 Å². The van der Waals surface area contributed by atoms with Gasteiger partial charge in [-0.1, -0.05) is 67.6 Å². The minimum absolute atomic E-state index is 1.05. The largest absolute Gasteiger partial charge is 0.0990 e. The summed E-state index contributed by atoms with van der Waals surface area (Å²) in [6, 6.07) is 11.0. The van der Waals surface area contributed by atoms with Gasteiger partial charge in [-0.2, -0.15) is 0 Å². The van der Waals surface area contributed by atoms with Crippen LogP contribution in [0.15, 0.2) is 43.0 Å². The van der Waals surface area contributed by atoms with Gasteiger partial charge >= 0.3 is 0 Å². The van der Waals surface area contributed by atoms with E-state index in [1.165, 1.54) is 26.8 Å². The zero-order valence-electron chi connectivity index (χ0n) is 10.5. The first-order chi connectivity index (χ1) is 8.26. The fourth-order valence-corrected chi connectivity index (χ4v) is 2.19. The molecule has 0 aromatic heterocycles. The highest BCUT2D eigenvalue weighted by atomic mass is 14.0. The highest BCUT2D eigenvalue weighted by molar-refractivity contribution is 5.84. The number of allylic oxidation sites excluding steroid dienone is 1. The summed E-state index contributed by atoms with van der Waals surface area (Å²) in [6.45, 7) is 8.10. The van der Waals surface area contributed by atoms with E-state index in [4.69, 9.17) is 0 Å². The summed E-state index contributed by atoms with van der Waals surface area (Å²) in [6.07, 6.45) is 7.27. The van der Waals surface area contributed by atoms with Crippen LogP contribution in [0.2, 0.25) is 0 Å². The molecule has 2 aromatic carbocycles. The SMILES string of the molecule is C=C/C=c1\c(=C/CC)ccc2cc(C)ccc12. The van der Waals surface area contributed by atoms with Crippen molar-refractivity contribution < 1.29 is 0 Å². The second-order valence-electron chi connectivity index (χ2n) is 4.31. The molecule has 0 N–H and O–H groups in total. The van der Waals surface area contributed by atoms with Gasteiger partial charge in [0.2, 0.25) is 0 Å². The van der Waals surface area contributed by atoms with E-state index in [1.807, 2.05) is 6.08 Å². The van der Waals surface area contributed by atoms with Crippen LogP contribution in [0.3, 0.4) is 0 Å². The Morgan fingerprint density at radius 3 is 2.71 bits per heavy atom. The second-order valence-corrected chi connectivity index (χ2v) is 4.31. The van der Waals surface area contributed by atoms with Crippen molar-refractivity contribution >= 4 is 22.9 Å². The third-order valence-corrected chi connectivity index (χ3v) is 2.96. The summed E-state index contributed by atoms with van der Waals surface area (Å²) in [5, 5.41) is 5.17. The summed E-state index contributed by atoms with van der Waals surface area (Å²) in [5.41, 5.74) is 1.30. The van der Waals surface area contributed by atoms with Crippen molar-refractivity contribution in [3.8, 4) is 0 Å². The van der Waals surface area contributed by atoms with Crippen LogP contribution in [0.1, 0.15) is 18.9 Å². The van der Waals surface area contributed by atoms with Crippen molar-refractivity contribution in [2.24, 2.45) is 0 Å². The van der Waals surface area contributed by atoms with E-state index in [0.717, 1.165) is 6.42 Å². The van der Waals surface area contributed by atoms with Gasteiger partial charge in [-0.05, 0) is 34.6 Å². The number of aryl methyl sites for hydroxylation is 1. The number of rotatable bonds is 2. The lowest BCUT2D eigenvalue weighted by molar-refractivity contribution is 1.28. The zero-order chi connectivity index (χ0) is 12.3. The molecule has 0 heterocycles. The van der Waals surface area contributed by atoms with E-state index in [0.29, 0.717) is 0 Å². The van der Waals surface area contributed by atoms with E-state index >= 15 is 0 Å². The third-order valence-electron chi connectivity index (χ3n) is 2.96. The Morgan fingerprint density at radius 1 is 1.18 bits per heavy atom. The molecule has 0 amide bonds. The number of hydrogen-bond acceptors (Lipinski definition) is 0. The van der Waals surface area contributed by atoms with Gasteiger partial charge in [0.15, 0.2) is 0 Å². The molecule has 0 aliphatic heterocycles. The van der Waals surface area contributed by atoms with Crippen molar-refractivity contribution in [2.45, 2.75) is 20.3 Å². The lowest BCUT2D eigenvalue weighted by Gasteiger charge is -2.01. The van der Waals surface area contributed by atoms with E-state index < -0.39 is 0 Å². The van der Waals surface area contributed by atoms with Crippen LogP contribution in [-0.4, -0.2) is 0 Å². The van der Waals surface area contributed by atoms with Crippen LogP contribution in [0.5, 0.6) is 0 Å². The van der Waals surface area contributed by atoms with Gasteiger partial charge in [-0.15, -0.1) is 0 Å². The molecule has 17 heavy (non-hydrogen) atoms. The molecule has 2 aromatic rings. The van der Waals surface area contributed by atoms with Crippen molar-refractivity contribution in [1.82, 2.24) is 0 Å². The molecule has 0 atom stereocenters. The molecule has 0 spiro atoms. The third kappa shape index (κ3) is 2.31. The van der Waals surface area contributed by atoms with Crippen LogP contribution < -0.4 is 10.4 Å². The summed E-state index contributed by atoms with van der Waals surface area (Å²) in [4.78, 5) is 0. The fraction of sp³-hybridized carbons (Fsp3) is 0.176. The Labute approximate surface area is 103 Å². The predicted octanol–water partition coefficient (Wildman–Crippen LogP) is 3.31. The monoisotopic (exact) mass is 222 g/mol. The number of fused-ring (bicyclic) bond motifs is 1. The Balaban J connectivity index is 2.95. The quantitative estimate of drug-likeness (QED) is 0.731. The molecule has 0 saturated carbocycles. The summed E-state index contributed by atoms with van der Waals surface area (Å²) in [5.74, 6) is 0. The molecule has 0 heteroatoms. The Kier molecular flexibility index (Phi) is 3.43. The minimum Gasteiger partial charge on any atom is -0.0990 e. The Hall–Kier alpha value is -1.82. The van der Waals surface area contributed by atoms with Crippen LogP contribution in [0.4, 0.5) is 0 Å². The molecule has 0 aliphatic carbocycles. The first kappa shape index (κ1) is 11.7. The first-order valence-corrected chi connectivity index (χ1v) is 6.08. The highest BCUT2D eigenvalue weighted by Gasteiger charge is 1.96. The van der Waals surface area contributed by atoms with E-state index in [1.54, 1.807) is 0 Å². The molecule has 86 valence electrons. The topological polar surface area (TPSA) is 0 Å². The molecule has 0 nitrogen and oxygen atoms in total. The molecule has 2 rings (SSSR count). The van der Waals surface area contributed by atoms with E-state index in [-0.39, 0.29) is 0 Å². The van der Waals surface area contributed by atoms with Crippen LogP contribution in [-0.2, 0) is 0 Å². The lowest BCUT2D eigenvalue weighted by atomic mass is 10.0. The molecular weight excluding hydrogens is 204 g/mol. The summed E-state index contributed by atoms with van der Waals surface area (Å²) >= 11 is 0. The maximum absolute atomic E-state index is 3.81. The predicted molar refractivity (Wildman–Crippen MR) is 77.4 cm³/mol. The van der Waals surface area contributed by atoms with Gasteiger partial charge in [-0.3, -0.25) is 0 Å². The lowest BCUT2D eigenvalue weighted by Crippen LogP contribution is -2.24. The Morgan fingerprint density at radius 2 is 2.00 bits per heavy atom. The summed E-state index contributed by atoms with van der Waals surface area (Å²) < 4.78 is 0. The normalized spacial score (nSPS) is 13.3. The van der Waals surface area contributed by atoms with Gasteiger partial charge < -0.3 is 0 Å². The van der Waals surface area contributed by atoms with E-state index in [9.17, 15) is 0 Å². The van der Waals surface area contributed by atoms with Crippen molar-refractivity contribution in [3.63, 3.8) is 0 Å². The molecule has 0 saturated heterocycles. The number of hydrogen-bond donors (Lipinski definition) is 0. The highest BCUT2D eigenvalue weighted by Crippen LogP contribution is 2.10. The molecule has 0 unspecified atom stereocenters. The standard InChI is InChI=1S/C17H18/c1-4-6-14-9-10-15-12-13(3)8-11-17(15)16(14)7-5-2/h5-12H,2,4H2,1,3H3/b14-6-,16-7+. The van der Waals surface area contributed by atoms with Gasteiger partial charge in [-0.25, -0.2) is 0 Å². The average Bonchev–Trinajstić information content (AvgIpc) is 2.32. The second kappa shape index (κ2) is 5.01. The van der Waals surface area contributed by atoms with Crippen molar-refractivity contribution in [1.29, 1.82) is 0 Å². The minimum atomic E-state index is 1.05. The van der Waals surface area contributed by atoms with Gasteiger partial charge in [0.25, 0.3) is 0 Å². The van der Waals surface area contributed by atoms with Crippen LogP contribution >= 0.6 is 0 Å². The van der Waals surface area contributed by atoms with Crippen molar-refractivity contribution in [2.75, 3.05) is 0 Å². The van der Waals surface area contributed by atoms with Gasteiger partial charge in [0.05, 0.1) is 0 Å². The average molecular weight is 222 g/mol. The van der Waals surface area contributed by atoms with Crippen molar-refractivity contribution in [3.05, 3.63) is 59.0 Å². The molecule has 0 radical (unpaired) electrons. The Bertz CT molecular complexity index is 660. The number of benzene rings is 2. The van der Waals surface area contributed by atoms with Crippen LogP contribution in [0.25, 0.3) is 22.9 Å². The zero-order valence-corrected chi connectivity index (χ0v) is 10.5. The molecule has 0 fully saturated rings. The van der Waals surface area contributed by atoms with E-state index in [2.05, 4.69) is 62.9 Å².